The Morgan fingerprint density at radius 3 is 2.29 bits per heavy atom. The van der Waals surface area contributed by atoms with Crippen LogP contribution in [0.1, 0.15) is 69.7 Å². The normalized spacial score (nSPS) is 13.1. The van der Waals surface area contributed by atoms with Gasteiger partial charge in [-0.05, 0) is 94.0 Å². The monoisotopic (exact) mass is 769 g/mol. The Hall–Kier alpha value is -4.06. The maximum absolute atomic E-state index is 14.0. The van der Waals surface area contributed by atoms with Crippen molar-refractivity contribution in [3.8, 4) is 11.1 Å². The van der Waals surface area contributed by atoms with E-state index in [0.717, 1.165) is 39.2 Å². The number of aryl methyl sites for hydroxylation is 1. The second-order valence-corrected chi connectivity index (χ2v) is 16.8. The lowest BCUT2D eigenvalue weighted by molar-refractivity contribution is -0.154. The highest BCUT2D eigenvalue weighted by Crippen LogP contribution is 2.38. The van der Waals surface area contributed by atoms with Gasteiger partial charge in [-0.3, -0.25) is 9.78 Å². The molecule has 0 saturated carbocycles. The minimum Gasteiger partial charge on any atom is -0.460 e. The van der Waals surface area contributed by atoms with Crippen LogP contribution in [0.15, 0.2) is 71.9 Å². The quantitative estimate of drug-likeness (QED) is 0.119. The molecule has 0 spiro atoms. The molecule has 2 aromatic carbocycles. The van der Waals surface area contributed by atoms with Crippen molar-refractivity contribution in [3.63, 3.8) is 0 Å². The number of rotatable bonds is 17. The number of alkyl halides is 3. The van der Waals surface area contributed by atoms with Gasteiger partial charge < -0.3 is 15.4 Å². The summed E-state index contributed by atoms with van der Waals surface area (Å²) in [5.74, 6) is -1.000. The molecule has 3 N–H and O–H groups in total. The molecular formula is C35H46F3N5O7S2. The van der Waals surface area contributed by atoms with Gasteiger partial charge in [0.1, 0.15) is 5.60 Å². The summed E-state index contributed by atoms with van der Waals surface area (Å²) in [7, 11) is -8.47. The number of carbonyl (C=O) groups excluding carboxylic acids is 2. The largest absolute Gasteiger partial charge is 0.460 e. The van der Waals surface area contributed by atoms with E-state index in [0.29, 0.717) is 5.56 Å². The van der Waals surface area contributed by atoms with Gasteiger partial charge in [-0.15, -0.1) is 0 Å². The zero-order chi connectivity index (χ0) is 38.7. The summed E-state index contributed by atoms with van der Waals surface area (Å²) in [6.07, 6.45) is -1.31. The Labute approximate surface area is 303 Å². The molecule has 0 aliphatic rings. The molecule has 0 radical (unpaired) electrons. The number of ether oxygens (including phenoxy) is 1. The second kappa shape index (κ2) is 18.1. The van der Waals surface area contributed by atoms with E-state index in [1.165, 1.54) is 6.07 Å². The summed E-state index contributed by atoms with van der Waals surface area (Å²) in [5, 5.41) is 4.99. The third kappa shape index (κ3) is 12.9. The van der Waals surface area contributed by atoms with E-state index in [1.807, 2.05) is 19.1 Å². The van der Waals surface area contributed by atoms with Gasteiger partial charge >= 0.3 is 18.2 Å². The molecule has 0 aliphatic heterocycles. The average molecular weight is 770 g/mol. The zero-order valence-electron chi connectivity index (χ0n) is 29.8. The van der Waals surface area contributed by atoms with E-state index in [1.54, 1.807) is 58.3 Å². The molecule has 1 heterocycles. The zero-order valence-corrected chi connectivity index (χ0v) is 31.4. The third-order valence-corrected chi connectivity index (χ3v) is 11.1. The van der Waals surface area contributed by atoms with Crippen LogP contribution >= 0.6 is 0 Å². The number of benzene rings is 2. The maximum Gasteiger partial charge on any atom is 0.417 e. The number of esters is 1. The van der Waals surface area contributed by atoms with Crippen LogP contribution in [0, 0.1) is 6.92 Å². The fourth-order valence-corrected chi connectivity index (χ4v) is 8.03. The van der Waals surface area contributed by atoms with Crippen LogP contribution in [0.3, 0.4) is 0 Å². The molecule has 0 aliphatic carbocycles. The second-order valence-electron chi connectivity index (χ2n) is 13.0. The number of aromatic nitrogens is 1. The van der Waals surface area contributed by atoms with Gasteiger partial charge in [-0.25, -0.2) is 26.4 Å². The number of pyridine rings is 1. The topological polar surface area (TPSA) is 164 Å². The van der Waals surface area contributed by atoms with Crippen molar-refractivity contribution in [2.75, 3.05) is 31.9 Å². The number of nitrogens with zero attached hydrogens (tertiary/aromatic N) is 2. The molecule has 286 valence electrons. The van der Waals surface area contributed by atoms with Gasteiger partial charge in [-0.2, -0.15) is 17.5 Å². The summed E-state index contributed by atoms with van der Waals surface area (Å²) in [6.45, 7) is 8.10. The average Bonchev–Trinajstić information content (AvgIpc) is 3.05. The number of carbonyl (C=O) groups is 2. The van der Waals surface area contributed by atoms with Crippen molar-refractivity contribution in [1.82, 2.24) is 24.6 Å². The van der Waals surface area contributed by atoms with Crippen molar-refractivity contribution in [1.29, 1.82) is 0 Å². The number of urea groups is 1. The first kappa shape index (κ1) is 42.4. The lowest BCUT2D eigenvalue weighted by Gasteiger charge is -2.30. The molecular weight excluding hydrogens is 724 g/mol. The fraction of sp³-hybridized carbons (Fsp3) is 0.457. The molecule has 1 atom stereocenters. The van der Waals surface area contributed by atoms with Crippen LogP contribution in [0.4, 0.5) is 18.0 Å². The summed E-state index contributed by atoms with van der Waals surface area (Å²) in [5.41, 5.74) is 1.15. The van der Waals surface area contributed by atoms with E-state index in [9.17, 15) is 39.6 Å². The minimum atomic E-state index is -4.91. The number of hydrogen-bond acceptors (Lipinski definition) is 8. The number of nitrogens with one attached hydrogen (secondary N) is 3. The smallest absolute Gasteiger partial charge is 0.417 e. The first-order chi connectivity index (χ1) is 24.2. The van der Waals surface area contributed by atoms with E-state index in [2.05, 4.69) is 20.3 Å². The Bertz CT molecular complexity index is 1900. The van der Waals surface area contributed by atoms with Gasteiger partial charge in [0.05, 0.1) is 22.6 Å². The number of hydrogen-bond donors (Lipinski definition) is 3. The van der Waals surface area contributed by atoms with Crippen LogP contribution in [0.2, 0.25) is 0 Å². The van der Waals surface area contributed by atoms with Crippen molar-refractivity contribution >= 4 is 32.0 Å². The lowest BCUT2D eigenvalue weighted by Crippen LogP contribution is -2.40. The predicted molar refractivity (Wildman–Crippen MR) is 191 cm³/mol. The molecule has 3 aromatic rings. The number of amides is 2. The van der Waals surface area contributed by atoms with Gasteiger partial charge in [0.25, 0.3) is 0 Å². The van der Waals surface area contributed by atoms with Crippen LogP contribution < -0.4 is 15.4 Å². The Balaban J connectivity index is 1.64. The molecule has 0 bridgehead atoms. The number of unbranched alkanes of at least 4 members (excludes halogenated alkanes) is 1. The Morgan fingerprint density at radius 2 is 1.62 bits per heavy atom. The molecule has 0 unspecified atom stereocenters. The predicted octanol–water partition coefficient (Wildman–Crippen LogP) is 5.56. The Kier molecular flexibility index (Phi) is 14.8. The van der Waals surface area contributed by atoms with Crippen LogP contribution in [-0.2, 0) is 35.8 Å². The summed E-state index contributed by atoms with van der Waals surface area (Å²) < 4.78 is 103. The Morgan fingerprint density at radius 1 is 0.923 bits per heavy atom. The van der Waals surface area contributed by atoms with E-state index < -0.39 is 66.1 Å². The minimum absolute atomic E-state index is 0.0743. The van der Waals surface area contributed by atoms with Crippen molar-refractivity contribution in [2.24, 2.45) is 0 Å². The van der Waals surface area contributed by atoms with Gasteiger partial charge in [0, 0.05) is 44.6 Å². The summed E-state index contributed by atoms with van der Waals surface area (Å²) >= 11 is 0. The van der Waals surface area contributed by atoms with Crippen molar-refractivity contribution in [2.45, 2.75) is 76.6 Å². The van der Waals surface area contributed by atoms with Gasteiger partial charge in [0.2, 0.25) is 20.0 Å². The number of sulfonamides is 2. The molecule has 0 fully saturated rings. The number of halogens is 3. The van der Waals surface area contributed by atoms with E-state index in [4.69, 9.17) is 4.74 Å². The van der Waals surface area contributed by atoms with Crippen LogP contribution in [0.25, 0.3) is 11.1 Å². The maximum atomic E-state index is 14.0. The lowest BCUT2D eigenvalue weighted by atomic mass is 9.98. The van der Waals surface area contributed by atoms with Crippen molar-refractivity contribution in [3.05, 3.63) is 83.7 Å². The molecule has 3 rings (SSSR count). The fourth-order valence-electron chi connectivity index (χ4n) is 5.23. The van der Waals surface area contributed by atoms with Crippen LogP contribution in [-0.4, -0.2) is 75.7 Å². The third-order valence-electron chi connectivity index (χ3n) is 7.73. The molecule has 1 aromatic heterocycles. The van der Waals surface area contributed by atoms with Gasteiger partial charge in [0.15, 0.2) is 0 Å². The molecule has 0 saturated heterocycles. The van der Waals surface area contributed by atoms with Gasteiger partial charge in [-0.1, -0.05) is 30.3 Å². The SMILES string of the molecule is Cc1cnccc1-c1cccc([C@H](C)N(CCCCNC(=O)NCCS(=O)(=O)NCCC(=O)OC(C)(C)C)S(=O)(=O)c2ccccc2C(F)(F)F)c1. The standard InChI is InChI=1S/C35H46F3N5O7S2/c1-25-24-39-18-15-29(25)28-12-10-11-27(23-28)26(2)43(52(48,49)31-14-7-6-13-30(31)35(36,37)38)21-9-8-17-40-33(45)41-20-22-51(46,47)42-19-16-32(44)50-34(3,4)5/h6-7,10-15,18,23-24,26,42H,8-9,16-17,19-22H2,1-5H3,(H2,40,41,45)/t26-/m0/s1. The first-order valence-electron chi connectivity index (χ1n) is 16.6. The first-order valence-corrected chi connectivity index (χ1v) is 19.7. The highest BCUT2D eigenvalue weighted by molar-refractivity contribution is 7.89. The molecule has 52 heavy (non-hydrogen) atoms. The highest BCUT2D eigenvalue weighted by atomic mass is 32.2. The molecule has 17 heteroatoms. The molecule has 2 amide bonds. The summed E-state index contributed by atoms with van der Waals surface area (Å²) in [4.78, 5) is 27.3. The van der Waals surface area contributed by atoms with E-state index in [-0.39, 0.29) is 45.4 Å². The van der Waals surface area contributed by atoms with Crippen molar-refractivity contribution < 1.29 is 44.3 Å². The molecule has 12 nitrogen and oxygen atoms in total. The highest BCUT2D eigenvalue weighted by Gasteiger charge is 2.40. The van der Waals surface area contributed by atoms with Crippen LogP contribution in [0.5, 0.6) is 0 Å². The summed E-state index contributed by atoms with van der Waals surface area (Å²) in [6, 6.07) is 11.5. The van der Waals surface area contributed by atoms with E-state index >= 15 is 0 Å².